The van der Waals surface area contributed by atoms with E-state index in [2.05, 4.69) is 22.5 Å². The third-order valence-corrected chi connectivity index (χ3v) is 2.85. The van der Waals surface area contributed by atoms with Gasteiger partial charge in [-0.05, 0) is 31.9 Å². The van der Waals surface area contributed by atoms with Gasteiger partial charge in [0, 0.05) is 25.6 Å². The Morgan fingerprint density at radius 1 is 1.32 bits per heavy atom. The smallest absolute Gasteiger partial charge is 0.191 e. The summed E-state index contributed by atoms with van der Waals surface area (Å²) in [6.07, 6.45) is 3.46. The van der Waals surface area contributed by atoms with Crippen LogP contribution in [0.3, 0.4) is 0 Å². The lowest BCUT2D eigenvalue weighted by molar-refractivity contribution is 0.313. The third kappa shape index (κ3) is 5.64. The molecule has 0 heterocycles. The summed E-state index contributed by atoms with van der Waals surface area (Å²) in [6.45, 7) is 4.48. The first-order valence-electron chi connectivity index (χ1n) is 7.11. The summed E-state index contributed by atoms with van der Waals surface area (Å²) >= 11 is 0. The molecule has 0 radical (unpaired) electrons. The molecule has 1 aromatic carbocycles. The number of benzene rings is 1. The standard InChI is InChI=1S/C15H23N3O/c1-2-16-15(18-13-9-10-13)17-11-6-12-19-14-7-4-3-5-8-14/h3-5,7-8,13H,2,6,9-12H2,1H3,(H2,16,17,18). The minimum Gasteiger partial charge on any atom is -0.494 e. The van der Waals surface area contributed by atoms with Crippen LogP contribution in [0.2, 0.25) is 0 Å². The van der Waals surface area contributed by atoms with Crippen molar-refractivity contribution in [2.45, 2.75) is 32.2 Å². The minimum atomic E-state index is 0.637. The van der Waals surface area contributed by atoms with Gasteiger partial charge in [-0.25, -0.2) is 0 Å². The lowest BCUT2D eigenvalue weighted by Gasteiger charge is -2.10. The Labute approximate surface area is 115 Å². The van der Waals surface area contributed by atoms with Crippen molar-refractivity contribution in [3.05, 3.63) is 30.3 Å². The Morgan fingerprint density at radius 3 is 2.79 bits per heavy atom. The molecule has 2 N–H and O–H groups in total. The fourth-order valence-electron chi connectivity index (χ4n) is 1.70. The van der Waals surface area contributed by atoms with Gasteiger partial charge < -0.3 is 15.4 Å². The topological polar surface area (TPSA) is 45.7 Å². The first-order chi connectivity index (χ1) is 9.38. The van der Waals surface area contributed by atoms with E-state index >= 15 is 0 Å². The Balaban J connectivity index is 1.63. The average Bonchev–Trinajstić information content (AvgIpc) is 3.24. The van der Waals surface area contributed by atoms with E-state index in [-0.39, 0.29) is 0 Å². The van der Waals surface area contributed by atoms with Gasteiger partial charge in [0.05, 0.1) is 6.61 Å². The van der Waals surface area contributed by atoms with Crippen molar-refractivity contribution in [2.75, 3.05) is 19.7 Å². The molecule has 0 spiro atoms. The van der Waals surface area contributed by atoms with E-state index in [1.54, 1.807) is 0 Å². The molecular formula is C15H23N3O. The van der Waals surface area contributed by atoms with Crippen LogP contribution in [0.15, 0.2) is 35.3 Å². The van der Waals surface area contributed by atoms with Crippen LogP contribution in [0.5, 0.6) is 5.75 Å². The molecule has 0 saturated heterocycles. The number of guanidine groups is 1. The summed E-state index contributed by atoms with van der Waals surface area (Å²) < 4.78 is 5.63. The Hall–Kier alpha value is -1.71. The number of ether oxygens (including phenoxy) is 1. The Kier molecular flexibility index (Phi) is 5.53. The van der Waals surface area contributed by atoms with E-state index in [0.717, 1.165) is 31.2 Å². The monoisotopic (exact) mass is 261 g/mol. The van der Waals surface area contributed by atoms with Crippen LogP contribution >= 0.6 is 0 Å². The maximum Gasteiger partial charge on any atom is 0.191 e. The first-order valence-corrected chi connectivity index (χ1v) is 7.11. The molecule has 0 atom stereocenters. The van der Waals surface area contributed by atoms with Gasteiger partial charge in [-0.1, -0.05) is 18.2 Å². The molecule has 0 aliphatic heterocycles. The number of hydrogen-bond acceptors (Lipinski definition) is 2. The summed E-state index contributed by atoms with van der Waals surface area (Å²) in [6, 6.07) is 10.5. The lowest BCUT2D eigenvalue weighted by Crippen LogP contribution is -2.38. The average molecular weight is 261 g/mol. The Morgan fingerprint density at radius 2 is 2.11 bits per heavy atom. The molecule has 19 heavy (non-hydrogen) atoms. The van der Waals surface area contributed by atoms with E-state index in [4.69, 9.17) is 4.74 Å². The number of rotatable bonds is 7. The van der Waals surface area contributed by atoms with Crippen molar-refractivity contribution in [1.82, 2.24) is 10.6 Å². The quantitative estimate of drug-likeness (QED) is 0.449. The maximum atomic E-state index is 5.63. The molecule has 2 rings (SSSR count). The summed E-state index contributed by atoms with van der Waals surface area (Å²) in [5.41, 5.74) is 0. The van der Waals surface area contributed by atoms with Gasteiger partial charge in [0.2, 0.25) is 0 Å². The van der Waals surface area contributed by atoms with Crippen molar-refractivity contribution in [2.24, 2.45) is 4.99 Å². The highest BCUT2D eigenvalue weighted by atomic mass is 16.5. The van der Waals surface area contributed by atoms with E-state index in [0.29, 0.717) is 12.6 Å². The summed E-state index contributed by atoms with van der Waals surface area (Å²) in [5, 5.41) is 6.66. The molecule has 0 unspecified atom stereocenters. The molecule has 1 fully saturated rings. The van der Waals surface area contributed by atoms with Crippen molar-refractivity contribution < 1.29 is 4.74 Å². The summed E-state index contributed by atoms with van der Waals surface area (Å²) in [4.78, 5) is 4.54. The van der Waals surface area contributed by atoms with Gasteiger partial charge in [0.25, 0.3) is 0 Å². The molecule has 4 nitrogen and oxygen atoms in total. The van der Waals surface area contributed by atoms with E-state index in [1.807, 2.05) is 30.3 Å². The van der Waals surface area contributed by atoms with Crippen LogP contribution < -0.4 is 15.4 Å². The highest BCUT2D eigenvalue weighted by molar-refractivity contribution is 5.80. The van der Waals surface area contributed by atoms with Crippen molar-refractivity contribution in [3.63, 3.8) is 0 Å². The molecule has 0 amide bonds. The lowest BCUT2D eigenvalue weighted by atomic mass is 10.3. The number of nitrogens with one attached hydrogen (secondary N) is 2. The first kappa shape index (κ1) is 13.7. The molecule has 1 aliphatic carbocycles. The Bertz CT molecular complexity index is 388. The second kappa shape index (κ2) is 7.67. The minimum absolute atomic E-state index is 0.637. The highest BCUT2D eigenvalue weighted by Gasteiger charge is 2.21. The molecule has 104 valence electrons. The molecular weight excluding hydrogens is 238 g/mol. The third-order valence-electron chi connectivity index (χ3n) is 2.85. The molecule has 4 heteroatoms. The van der Waals surface area contributed by atoms with Crippen molar-refractivity contribution in [1.29, 1.82) is 0 Å². The van der Waals surface area contributed by atoms with Crippen molar-refractivity contribution in [3.8, 4) is 5.75 Å². The van der Waals surface area contributed by atoms with Crippen LogP contribution in [0, 0.1) is 0 Å². The molecule has 1 saturated carbocycles. The van der Waals surface area contributed by atoms with Gasteiger partial charge in [0.1, 0.15) is 5.75 Å². The zero-order valence-corrected chi connectivity index (χ0v) is 11.6. The molecule has 0 bridgehead atoms. The van der Waals surface area contributed by atoms with Crippen LogP contribution in [0.4, 0.5) is 0 Å². The zero-order valence-electron chi connectivity index (χ0n) is 11.6. The number of aliphatic imine (C=N–C) groups is 1. The number of para-hydroxylation sites is 1. The molecule has 1 aliphatic rings. The normalized spacial score (nSPS) is 15.1. The van der Waals surface area contributed by atoms with Crippen LogP contribution in [0.1, 0.15) is 26.2 Å². The molecule has 0 aromatic heterocycles. The zero-order chi connectivity index (χ0) is 13.3. The number of nitrogens with zero attached hydrogens (tertiary/aromatic N) is 1. The highest BCUT2D eigenvalue weighted by Crippen LogP contribution is 2.18. The maximum absolute atomic E-state index is 5.63. The second-order valence-electron chi connectivity index (χ2n) is 4.69. The van der Waals surface area contributed by atoms with Gasteiger partial charge in [-0.3, -0.25) is 4.99 Å². The SMILES string of the molecule is CCNC(=NCCCOc1ccccc1)NC1CC1. The predicted molar refractivity (Wildman–Crippen MR) is 78.7 cm³/mol. The van der Waals surface area contributed by atoms with Gasteiger partial charge >= 0.3 is 0 Å². The van der Waals surface area contributed by atoms with E-state index < -0.39 is 0 Å². The largest absolute Gasteiger partial charge is 0.494 e. The summed E-state index contributed by atoms with van der Waals surface area (Å²) in [7, 11) is 0. The fourth-order valence-corrected chi connectivity index (χ4v) is 1.70. The fraction of sp³-hybridized carbons (Fsp3) is 0.533. The van der Waals surface area contributed by atoms with Crippen LogP contribution in [-0.4, -0.2) is 31.7 Å². The van der Waals surface area contributed by atoms with Gasteiger partial charge in [0.15, 0.2) is 5.96 Å². The van der Waals surface area contributed by atoms with E-state index in [1.165, 1.54) is 12.8 Å². The molecule has 1 aromatic rings. The van der Waals surface area contributed by atoms with Gasteiger partial charge in [-0.15, -0.1) is 0 Å². The summed E-state index contributed by atoms with van der Waals surface area (Å²) in [5.74, 6) is 1.86. The second-order valence-corrected chi connectivity index (χ2v) is 4.69. The van der Waals surface area contributed by atoms with E-state index in [9.17, 15) is 0 Å². The van der Waals surface area contributed by atoms with Crippen LogP contribution in [0.25, 0.3) is 0 Å². The predicted octanol–water partition coefficient (Wildman–Crippen LogP) is 2.17. The number of hydrogen-bond donors (Lipinski definition) is 2. The van der Waals surface area contributed by atoms with Crippen LogP contribution in [-0.2, 0) is 0 Å². The van der Waals surface area contributed by atoms with Gasteiger partial charge in [-0.2, -0.15) is 0 Å². The van der Waals surface area contributed by atoms with Crippen molar-refractivity contribution >= 4 is 5.96 Å².